The van der Waals surface area contributed by atoms with Crippen molar-refractivity contribution < 1.29 is 22.9 Å². The molecule has 0 radical (unpaired) electrons. The van der Waals surface area contributed by atoms with Crippen LogP contribution in [0.1, 0.15) is 10.4 Å². The fraction of sp³-hybridized carbons (Fsp3) is 0.143. The number of aromatic hydroxyl groups is 1. The summed E-state index contributed by atoms with van der Waals surface area (Å²) in [5.74, 6) is -1.07. The monoisotopic (exact) mass is 292 g/mol. The van der Waals surface area contributed by atoms with E-state index >= 15 is 0 Å². The van der Waals surface area contributed by atoms with Gasteiger partial charge in [0, 0.05) is 11.6 Å². The van der Waals surface area contributed by atoms with Crippen LogP contribution < -0.4 is 4.57 Å². The third-order valence-electron chi connectivity index (χ3n) is 2.78. The molecule has 0 spiro atoms. The Morgan fingerprint density at radius 2 is 1.85 bits per heavy atom. The summed E-state index contributed by atoms with van der Waals surface area (Å²) in [4.78, 5) is 12.1. The first kappa shape index (κ1) is 14.2. The third-order valence-corrected chi connectivity index (χ3v) is 4.38. The molecule has 2 rings (SSSR count). The molecule has 0 fully saturated rings. The number of pyridine rings is 1. The second-order valence-electron chi connectivity index (χ2n) is 4.43. The van der Waals surface area contributed by atoms with Crippen molar-refractivity contribution in [2.45, 2.75) is 4.90 Å². The zero-order valence-corrected chi connectivity index (χ0v) is 11.7. The Balaban J connectivity index is 2.24. The molecule has 0 saturated heterocycles. The van der Waals surface area contributed by atoms with Gasteiger partial charge in [-0.25, -0.2) is 13.0 Å². The van der Waals surface area contributed by atoms with Gasteiger partial charge in [0.1, 0.15) is 23.4 Å². The van der Waals surface area contributed by atoms with Crippen LogP contribution in [0.3, 0.4) is 0 Å². The topological polar surface area (TPSA) is 75.3 Å². The number of aromatic nitrogens is 1. The minimum Gasteiger partial charge on any atom is -0.508 e. The van der Waals surface area contributed by atoms with Crippen LogP contribution in [0.15, 0.2) is 53.7 Å². The summed E-state index contributed by atoms with van der Waals surface area (Å²) in [6.45, 7) is 0. The quantitative estimate of drug-likeness (QED) is 0.670. The predicted molar refractivity (Wildman–Crippen MR) is 72.1 cm³/mol. The van der Waals surface area contributed by atoms with Gasteiger partial charge in [-0.2, -0.15) is 0 Å². The van der Waals surface area contributed by atoms with Crippen LogP contribution in [0, 0.1) is 0 Å². The molecule has 1 aromatic carbocycles. The highest BCUT2D eigenvalue weighted by Gasteiger charge is 2.22. The number of benzene rings is 1. The Bertz CT molecular complexity index is 736. The Hall–Kier alpha value is -2.21. The lowest BCUT2D eigenvalue weighted by atomic mass is 10.1. The standard InChI is InChI=1S/C14H13NO4S/c1-15-8-2-3-13(9-15)20(18,19)10-14(17)11-4-6-12(16)7-5-11/h2-9H,10H2,1H3/p+1. The summed E-state index contributed by atoms with van der Waals surface area (Å²) in [6.07, 6.45) is 3.17. The first-order valence-corrected chi connectivity index (χ1v) is 7.54. The molecular formula is C14H14NO4S+. The first-order valence-electron chi connectivity index (χ1n) is 5.89. The molecule has 0 aliphatic carbocycles. The molecule has 0 saturated carbocycles. The third kappa shape index (κ3) is 3.21. The fourth-order valence-electron chi connectivity index (χ4n) is 1.73. The number of carbonyl (C=O) groups excluding carboxylic acids is 1. The van der Waals surface area contributed by atoms with Gasteiger partial charge in [-0.3, -0.25) is 4.79 Å². The molecule has 0 aliphatic rings. The molecule has 0 amide bonds. The smallest absolute Gasteiger partial charge is 0.191 e. The van der Waals surface area contributed by atoms with E-state index in [1.807, 2.05) is 0 Å². The fourth-order valence-corrected chi connectivity index (χ4v) is 3.02. The van der Waals surface area contributed by atoms with Gasteiger partial charge in [0.2, 0.25) is 0 Å². The van der Waals surface area contributed by atoms with E-state index in [2.05, 4.69) is 0 Å². The summed E-state index contributed by atoms with van der Waals surface area (Å²) in [6, 6.07) is 8.57. The number of carbonyl (C=O) groups is 1. The zero-order valence-electron chi connectivity index (χ0n) is 10.9. The van der Waals surface area contributed by atoms with Crippen molar-refractivity contribution >= 4 is 15.6 Å². The number of sulfone groups is 1. The SMILES string of the molecule is C[n+]1cccc(S(=O)(=O)CC(=O)c2ccc(O)cc2)c1. The van der Waals surface area contributed by atoms with Crippen molar-refractivity contribution in [3.8, 4) is 5.75 Å². The van der Waals surface area contributed by atoms with Gasteiger partial charge in [0.25, 0.3) is 0 Å². The number of hydrogen-bond acceptors (Lipinski definition) is 4. The molecule has 0 atom stereocenters. The van der Waals surface area contributed by atoms with Crippen molar-refractivity contribution in [2.24, 2.45) is 7.05 Å². The second-order valence-corrected chi connectivity index (χ2v) is 6.42. The first-order chi connectivity index (χ1) is 9.38. The lowest BCUT2D eigenvalue weighted by molar-refractivity contribution is -0.673. The van der Waals surface area contributed by atoms with Crippen molar-refractivity contribution in [3.63, 3.8) is 0 Å². The van der Waals surface area contributed by atoms with Gasteiger partial charge >= 0.3 is 0 Å². The van der Waals surface area contributed by atoms with Gasteiger partial charge in [-0.15, -0.1) is 0 Å². The molecule has 1 aromatic heterocycles. The van der Waals surface area contributed by atoms with Gasteiger partial charge in [-0.05, 0) is 30.3 Å². The predicted octanol–water partition coefficient (Wildman–Crippen LogP) is 0.873. The van der Waals surface area contributed by atoms with Crippen LogP contribution >= 0.6 is 0 Å². The molecular weight excluding hydrogens is 278 g/mol. The van der Waals surface area contributed by atoms with E-state index in [-0.39, 0.29) is 16.2 Å². The van der Waals surface area contributed by atoms with Gasteiger partial charge in [0.15, 0.2) is 28.0 Å². The number of phenols is 1. The Kier molecular flexibility index (Phi) is 3.85. The highest BCUT2D eigenvalue weighted by atomic mass is 32.2. The summed E-state index contributed by atoms with van der Waals surface area (Å²) in [5.41, 5.74) is 0.256. The minimum absolute atomic E-state index is 0.0273. The average Bonchev–Trinajstić information content (AvgIpc) is 2.39. The lowest BCUT2D eigenvalue weighted by Crippen LogP contribution is -2.28. The highest BCUT2D eigenvalue weighted by Crippen LogP contribution is 2.14. The molecule has 104 valence electrons. The van der Waals surface area contributed by atoms with E-state index in [0.717, 1.165) is 0 Å². The summed E-state index contributed by atoms with van der Waals surface area (Å²) in [5, 5.41) is 9.15. The average molecular weight is 292 g/mol. The number of phenolic OH excluding ortho intramolecular Hbond substituents is 1. The normalized spacial score (nSPS) is 11.2. The van der Waals surface area contributed by atoms with Crippen LogP contribution in [0.5, 0.6) is 5.75 Å². The minimum atomic E-state index is -3.67. The molecule has 2 aromatic rings. The zero-order chi connectivity index (χ0) is 14.8. The highest BCUT2D eigenvalue weighted by molar-refractivity contribution is 7.92. The summed E-state index contributed by atoms with van der Waals surface area (Å²) in [7, 11) is -1.96. The van der Waals surface area contributed by atoms with Crippen LogP contribution in [0.2, 0.25) is 0 Å². The number of hydrogen-bond donors (Lipinski definition) is 1. The van der Waals surface area contributed by atoms with Crippen LogP contribution in [-0.4, -0.2) is 25.1 Å². The van der Waals surface area contributed by atoms with E-state index in [9.17, 15) is 13.2 Å². The molecule has 0 unspecified atom stereocenters. The van der Waals surface area contributed by atoms with Crippen LogP contribution in [0.25, 0.3) is 0 Å². The van der Waals surface area contributed by atoms with E-state index in [0.29, 0.717) is 0 Å². The molecule has 6 heteroatoms. The maximum Gasteiger partial charge on any atom is 0.191 e. The molecule has 1 N–H and O–H groups in total. The van der Waals surface area contributed by atoms with Crippen molar-refractivity contribution in [3.05, 3.63) is 54.4 Å². The van der Waals surface area contributed by atoms with Crippen LogP contribution in [0.4, 0.5) is 0 Å². The van der Waals surface area contributed by atoms with Gasteiger partial charge in [-0.1, -0.05) is 0 Å². The molecule has 1 heterocycles. The molecule has 5 nitrogen and oxygen atoms in total. The van der Waals surface area contributed by atoms with E-state index < -0.39 is 21.4 Å². The lowest BCUT2D eigenvalue weighted by Gasteiger charge is -2.03. The summed E-state index contributed by atoms with van der Waals surface area (Å²) < 4.78 is 25.9. The van der Waals surface area contributed by atoms with E-state index in [1.54, 1.807) is 23.9 Å². The number of rotatable bonds is 4. The Morgan fingerprint density at radius 3 is 2.45 bits per heavy atom. The van der Waals surface area contributed by atoms with Crippen LogP contribution in [-0.2, 0) is 16.9 Å². The molecule has 0 bridgehead atoms. The molecule has 0 aliphatic heterocycles. The molecule has 20 heavy (non-hydrogen) atoms. The summed E-state index contributed by atoms with van der Waals surface area (Å²) >= 11 is 0. The van der Waals surface area contributed by atoms with E-state index in [1.165, 1.54) is 36.5 Å². The number of aryl methyl sites for hydroxylation is 1. The maximum absolute atomic E-state index is 12.2. The number of ketones is 1. The Labute approximate surface area is 117 Å². The van der Waals surface area contributed by atoms with Crippen molar-refractivity contribution in [1.82, 2.24) is 0 Å². The number of Topliss-reactive ketones (excluding diaryl/α,β-unsaturated/α-hetero) is 1. The number of nitrogens with zero attached hydrogens (tertiary/aromatic N) is 1. The van der Waals surface area contributed by atoms with Gasteiger partial charge in [0.05, 0.1) is 0 Å². The van der Waals surface area contributed by atoms with Crippen molar-refractivity contribution in [2.75, 3.05) is 5.75 Å². The largest absolute Gasteiger partial charge is 0.508 e. The van der Waals surface area contributed by atoms with E-state index in [4.69, 9.17) is 5.11 Å². The Morgan fingerprint density at radius 1 is 1.20 bits per heavy atom. The maximum atomic E-state index is 12.2. The second kappa shape index (κ2) is 5.42. The van der Waals surface area contributed by atoms with Crippen molar-refractivity contribution in [1.29, 1.82) is 0 Å². The van der Waals surface area contributed by atoms with Gasteiger partial charge < -0.3 is 5.11 Å².